The van der Waals surface area contributed by atoms with Crippen molar-refractivity contribution >= 4 is 12.2 Å². The molecule has 0 aromatic carbocycles. The molecule has 2 rings (SSSR count). The molecule has 0 spiro atoms. The Balaban J connectivity index is 1.93. The van der Waals surface area contributed by atoms with Gasteiger partial charge in [-0.15, -0.1) is 0 Å². The van der Waals surface area contributed by atoms with Crippen molar-refractivity contribution < 1.29 is 19.1 Å². The minimum absolute atomic E-state index is 0.224. The number of ether oxygens (including phenoxy) is 2. The van der Waals surface area contributed by atoms with Crippen LogP contribution in [0.2, 0.25) is 0 Å². The van der Waals surface area contributed by atoms with E-state index in [1.807, 2.05) is 41.5 Å². The van der Waals surface area contributed by atoms with Crippen molar-refractivity contribution in [1.29, 1.82) is 0 Å². The van der Waals surface area contributed by atoms with Crippen LogP contribution < -0.4 is 16.0 Å². The summed E-state index contributed by atoms with van der Waals surface area (Å²) in [5.74, 6) is 0.933. The molecule has 3 unspecified atom stereocenters. The van der Waals surface area contributed by atoms with Crippen LogP contribution in [0.3, 0.4) is 0 Å². The molecule has 2 fully saturated rings. The van der Waals surface area contributed by atoms with E-state index in [0.717, 1.165) is 12.8 Å². The smallest absolute Gasteiger partial charge is 0.407 e. The summed E-state index contributed by atoms with van der Waals surface area (Å²) in [5.41, 5.74) is -0.989. The topological polar surface area (TPSA) is 88.7 Å². The van der Waals surface area contributed by atoms with Gasteiger partial charge in [0.1, 0.15) is 11.2 Å². The second-order valence-corrected chi connectivity index (χ2v) is 11.2. The fourth-order valence-electron chi connectivity index (χ4n) is 4.70. The van der Waals surface area contributed by atoms with Gasteiger partial charge in [0, 0.05) is 25.2 Å². The maximum atomic E-state index is 12.2. The fourth-order valence-corrected chi connectivity index (χ4v) is 4.70. The van der Waals surface area contributed by atoms with Gasteiger partial charge >= 0.3 is 12.2 Å². The third-order valence-electron chi connectivity index (χ3n) is 6.08. The van der Waals surface area contributed by atoms with E-state index in [2.05, 4.69) is 16.0 Å². The summed E-state index contributed by atoms with van der Waals surface area (Å²) in [6, 6.07) is 0.553. The van der Waals surface area contributed by atoms with Gasteiger partial charge in [-0.3, -0.25) is 0 Å². The molecular formula is C24H45N3O4. The number of carbonyl (C=O) groups excluding carboxylic acids is 2. The van der Waals surface area contributed by atoms with E-state index in [4.69, 9.17) is 9.47 Å². The highest BCUT2D eigenvalue weighted by Gasteiger charge is 2.32. The highest BCUT2D eigenvalue weighted by atomic mass is 16.6. The van der Waals surface area contributed by atoms with E-state index >= 15 is 0 Å². The number of carbonyl (C=O) groups is 2. The largest absolute Gasteiger partial charge is 0.444 e. The molecule has 0 bridgehead atoms. The Bertz CT molecular complexity index is 576. The predicted octanol–water partition coefficient (Wildman–Crippen LogP) is 4.74. The Morgan fingerprint density at radius 1 is 0.806 bits per heavy atom. The minimum atomic E-state index is -0.498. The minimum Gasteiger partial charge on any atom is -0.444 e. The summed E-state index contributed by atoms with van der Waals surface area (Å²) in [6.45, 7) is 12.5. The molecule has 0 aromatic heterocycles. The standard InChI is InChI=1S/C24H45N3O4/c1-23(2,3)30-21(28)25-15-18-13-9-10-14-19(18)27-20(17-11-7-8-12-17)16-26-22(29)31-24(4,5)6/h17-20,27H,7-16H2,1-6H3,(H,25,28)(H,26,29). The zero-order valence-corrected chi connectivity index (χ0v) is 20.5. The van der Waals surface area contributed by atoms with E-state index in [-0.39, 0.29) is 18.2 Å². The molecule has 0 heterocycles. The number of hydrogen-bond acceptors (Lipinski definition) is 5. The van der Waals surface area contributed by atoms with Crippen LogP contribution in [-0.2, 0) is 9.47 Å². The van der Waals surface area contributed by atoms with E-state index in [0.29, 0.717) is 31.0 Å². The Labute approximate surface area is 188 Å². The van der Waals surface area contributed by atoms with E-state index in [1.165, 1.54) is 38.5 Å². The lowest BCUT2D eigenvalue weighted by atomic mass is 9.83. The monoisotopic (exact) mass is 439 g/mol. The Hall–Kier alpha value is -1.50. The first-order chi connectivity index (χ1) is 14.4. The first kappa shape index (κ1) is 25.8. The summed E-state index contributed by atoms with van der Waals surface area (Å²) in [5, 5.41) is 9.83. The number of hydrogen-bond donors (Lipinski definition) is 3. The van der Waals surface area contributed by atoms with Crippen LogP contribution >= 0.6 is 0 Å². The lowest BCUT2D eigenvalue weighted by Gasteiger charge is -2.37. The molecule has 0 radical (unpaired) electrons. The van der Waals surface area contributed by atoms with E-state index in [1.54, 1.807) is 0 Å². The number of alkyl carbamates (subject to hydrolysis) is 2. The molecule has 0 saturated heterocycles. The SMILES string of the molecule is CC(C)(C)OC(=O)NCC1CCCCC1NC(CNC(=O)OC(C)(C)C)C1CCCC1. The van der Waals surface area contributed by atoms with Gasteiger partial charge in [-0.2, -0.15) is 0 Å². The van der Waals surface area contributed by atoms with Gasteiger partial charge in [-0.1, -0.05) is 25.7 Å². The zero-order valence-electron chi connectivity index (χ0n) is 20.5. The molecule has 7 heteroatoms. The van der Waals surface area contributed by atoms with Gasteiger partial charge in [0.05, 0.1) is 0 Å². The lowest BCUT2D eigenvalue weighted by Crippen LogP contribution is -2.54. The molecule has 2 amide bonds. The van der Waals surface area contributed by atoms with Crippen LogP contribution in [-0.4, -0.2) is 48.6 Å². The van der Waals surface area contributed by atoms with Crippen LogP contribution in [0.4, 0.5) is 9.59 Å². The first-order valence-electron chi connectivity index (χ1n) is 12.1. The van der Waals surface area contributed by atoms with E-state index < -0.39 is 11.2 Å². The molecule has 0 aliphatic heterocycles. The number of rotatable bonds is 7. The molecule has 2 aliphatic rings. The lowest BCUT2D eigenvalue weighted by molar-refractivity contribution is 0.0490. The summed E-state index contributed by atoms with van der Waals surface area (Å²) < 4.78 is 10.8. The van der Waals surface area contributed by atoms with Gasteiger partial charge < -0.3 is 25.4 Å². The molecule has 2 saturated carbocycles. The molecule has 3 N–H and O–H groups in total. The van der Waals surface area contributed by atoms with Crippen molar-refractivity contribution in [3.63, 3.8) is 0 Å². The Morgan fingerprint density at radius 2 is 1.32 bits per heavy atom. The number of amides is 2. The second-order valence-electron chi connectivity index (χ2n) is 11.2. The Morgan fingerprint density at radius 3 is 1.90 bits per heavy atom. The zero-order chi connectivity index (χ0) is 23.1. The van der Waals surface area contributed by atoms with Crippen molar-refractivity contribution in [1.82, 2.24) is 16.0 Å². The normalized spacial score (nSPS) is 23.8. The van der Waals surface area contributed by atoms with Crippen molar-refractivity contribution in [2.45, 2.75) is 116 Å². The molecule has 2 aliphatic carbocycles. The molecule has 180 valence electrons. The molecule has 0 aromatic rings. The highest BCUT2D eigenvalue weighted by molar-refractivity contribution is 5.68. The van der Waals surface area contributed by atoms with Crippen molar-refractivity contribution in [3.05, 3.63) is 0 Å². The molecule has 31 heavy (non-hydrogen) atoms. The average molecular weight is 440 g/mol. The van der Waals surface area contributed by atoms with Crippen molar-refractivity contribution in [3.8, 4) is 0 Å². The van der Waals surface area contributed by atoms with Crippen molar-refractivity contribution in [2.75, 3.05) is 13.1 Å². The maximum Gasteiger partial charge on any atom is 0.407 e. The van der Waals surface area contributed by atoms with Crippen LogP contribution in [0.1, 0.15) is 92.9 Å². The van der Waals surface area contributed by atoms with Gasteiger partial charge in [0.25, 0.3) is 0 Å². The maximum absolute atomic E-state index is 12.2. The first-order valence-corrected chi connectivity index (χ1v) is 12.1. The highest BCUT2D eigenvalue weighted by Crippen LogP contribution is 2.30. The Kier molecular flexibility index (Phi) is 9.46. The van der Waals surface area contributed by atoms with Crippen molar-refractivity contribution in [2.24, 2.45) is 11.8 Å². The quantitative estimate of drug-likeness (QED) is 0.533. The van der Waals surface area contributed by atoms with Crippen LogP contribution in [0.25, 0.3) is 0 Å². The molecule has 7 nitrogen and oxygen atoms in total. The van der Waals surface area contributed by atoms with Crippen LogP contribution in [0.15, 0.2) is 0 Å². The summed E-state index contributed by atoms with van der Waals surface area (Å²) in [6.07, 6.45) is 8.75. The third kappa shape index (κ3) is 10.1. The second kappa shape index (κ2) is 11.4. The van der Waals surface area contributed by atoms with Gasteiger partial charge in [-0.25, -0.2) is 9.59 Å². The third-order valence-corrected chi connectivity index (χ3v) is 6.08. The molecular weight excluding hydrogens is 394 g/mol. The predicted molar refractivity (Wildman–Crippen MR) is 123 cm³/mol. The van der Waals surface area contributed by atoms with Crippen LogP contribution in [0, 0.1) is 11.8 Å². The van der Waals surface area contributed by atoms with Gasteiger partial charge in [0.2, 0.25) is 0 Å². The van der Waals surface area contributed by atoms with Gasteiger partial charge in [0.15, 0.2) is 0 Å². The van der Waals surface area contributed by atoms with E-state index in [9.17, 15) is 9.59 Å². The molecule has 3 atom stereocenters. The summed E-state index contributed by atoms with van der Waals surface area (Å²) in [7, 11) is 0. The van der Waals surface area contributed by atoms with Gasteiger partial charge in [-0.05, 0) is 79.1 Å². The fraction of sp³-hybridized carbons (Fsp3) is 0.917. The summed E-state index contributed by atoms with van der Waals surface area (Å²) >= 11 is 0. The average Bonchev–Trinajstić information content (AvgIpc) is 3.16. The van der Waals surface area contributed by atoms with Crippen LogP contribution in [0.5, 0.6) is 0 Å². The summed E-state index contributed by atoms with van der Waals surface area (Å²) in [4.78, 5) is 24.3. The number of nitrogens with one attached hydrogen (secondary N) is 3.